The number of hydrogen-bond donors (Lipinski definition) is 2. The molecule has 9 heteroatoms. The molecule has 0 atom stereocenters. The highest BCUT2D eigenvalue weighted by molar-refractivity contribution is 8.00. The van der Waals surface area contributed by atoms with Gasteiger partial charge in [0.05, 0.1) is 35.3 Å². The summed E-state index contributed by atoms with van der Waals surface area (Å²) in [6, 6.07) is 9.91. The topological polar surface area (TPSA) is 93.2 Å². The molecule has 1 aromatic heterocycles. The summed E-state index contributed by atoms with van der Waals surface area (Å²) in [6.07, 6.45) is 6.33. The summed E-state index contributed by atoms with van der Waals surface area (Å²) in [5, 5.41) is 5.97. The Labute approximate surface area is 200 Å². The van der Waals surface area contributed by atoms with Crippen molar-refractivity contribution in [2.75, 3.05) is 17.7 Å². The number of rotatable bonds is 6. The fourth-order valence-corrected chi connectivity index (χ4v) is 5.24. The summed E-state index contributed by atoms with van der Waals surface area (Å²) in [5.74, 6) is 0.834. The number of nitrogens with zero attached hydrogens (tertiary/aromatic N) is 2. The summed E-state index contributed by atoms with van der Waals surface area (Å²) in [4.78, 5) is 33.9. The highest BCUT2D eigenvalue weighted by atomic mass is 32.2. The Morgan fingerprint density at radius 3 is 2.85 bits per heavy atom. The highest BCUT2D eigenvalue weighted by Crippen LogP contribution is 2.32. The second kappa shape index (κ2) is 9.97. The zero-order valence-corrected chi connectivity index (χ0v) is 19.4. The molecule has 2 amide bonds. The standard InChI is InChI=1S/C25H25FN4O3S/c26-17-4-7-19-20(12-17)30-24(13-27-19)33-10-9-15-1-5-18(6-2-15)28-25(32)16-3-8-22-21(11-16)29-23(31)14-34-22/h3-4,7-8,11-13,15,18H,1-2,5-6,9-10,14H2,(H,28,32)(H,29,31). The van der Waals surface area contributed by atoms with E-state index in [1.165, 1.54) is 23.9 Å². The van der Waals surface area contributed by atoms with Gasteiger partial charge in [-0.2, -0.15) is 0 Å². The Morgan fingerprint density at radius 1 is 1.15 bits per heavy atom. The van der Waals surface area contributed by atoms with E-state index in [4.69, 9.17) is 4.74 Å². The Hall–Kier alpha value is -3.20. The van der Waals surface area contributed by atoms with Crippen LogP contribution in [-0.4, -0.2) is 40.2 Å². The highest BCUT2D eigenvalue weighted by Gasteiger charge is 2.24. The summed E-state index contributed by atoms with van der Waals surface area (Å²) in [7, 11) is 0. The zero-order chi connectivity index (χ0) is 23.5. The van der Waals surface area contributed by atoms with Crippen LogP contribution < -0.4 is 15.4 Å². The van der Waals surface area contributed by atoms with Gasteiger partial charge in [-0.1, -0.05) is 0 Å². The third-order valence-electron chi connectivity index (χ3n) is 6.31. The molecule has 0 radical (unpaired) electrons. The molecule has 0 unspecified atom stereocenters. The van der Waals surface area contributed by atoms with E-state index in [9.17, 15) is 14.0 Å². The number of halogens is 1. The fourth-order valence-electron chi connectivity index (χ4n) is 4.46. The second-order valence-electron chi connectivity index (χ2n) is 8.72. The molecule has 34 heavy (non-hydrogen) atoms. The lowest BCUT2D eigenvalue weighted by atomic mass is 9.84. The molecule has 0 saturated heterocycles. The summed E-state index contributed by atoms with van der Waals surface area (Å²) in [6.45, 7) is 0.524. The normalized spacial score (nSPS) is 19.9. The van der Waals surface area contributed by atoms with Crippen LogP contribution in [0.3, 0.4) is 0 Å². The summed E-state index contributed by atoms with van der Waals surface area (Å²) >= 11 is 1.48. The second-order valence-corrected chi connectivity index (χ2v) is 9.73. The number of carbonyl (C=O) groups is 2. The van der Waals surface area contributed by atoms with Gasteiger partial charge in [0.25, 0.3) is 5.91 Å². The van der Waals surface area contributed by atoms with Gasteiger partial charge in [-0.25, -0.2) is 14.4 Å². The number of anilines is 1. The van der Waals surface area contributed by atoms with Crippen molar-refractivity contribution in [1.29, 1.82) is 0 Å². The fraction of sp³-hybridized carbons (Fsp3) is 0.360. The molecule has 1 aliphatic carbocycles. The average Bonchev–Trinajstić information content (AvgIpc) is 2.84. The largest absolute Gasteiger partial charge is 0.477 e. The number of benzene rings is 2. The first kappa shape index (κ1) is 22.6. The van der Waals surface area contributed by atoms with Crippen molar-refractivity contribution in [1.82, 2.24) is 15.3 Å². The minimum Gasteiger partial charge on any atom is -0.477 e. The quantitative estimate of drug-likeness (QED) is 0.537. The van der Waals surface area contributed by atoms with Crippen LogP contribution in [0.2, 0.25) is 0 Å². The minimum absolute atomic E-state index is 0.0427. The number of fused-ring (bicyclic) bond motifs is 2. The van der Waals surface area contributed by atoms with Crippen molar-refractivity contribution in [3.63, 3.8) is 0 Å². The monoisotopic (exact) mass is 480 g/mol. The number of hydrogen-bond acceptors (Lipinski definition) is 6. The number of thioether (sulfide) groups is 1. The van der Waals surface area contributed by atoms with Crippen LogP contribution in [0.25, 0.3) is 11.0 Å². The molecule has 1 fully saturated rings. The molecule has 5 rings (SSSR count). The molecule has 2 aliphatic rings. The van der Waals surface area contributed by atoms with Crippen LogP contribution in [0.5, 0.6) is 5.88 Å². The Balaban J connectivity index is 1.07. The Bertz CT molecular complexity index is 1230. The van der Waals surface area contributed by atoms with Gasteiger partial charge in [0.15, 0.2) is 0 Å². The SMILES string of the molecule is O=C1CSc2ccc(C(=O)NC3CCC(CCOc4cnc5ccc(F)cc5n4)CC3)cc2N1. The zero-order valence-electron chi connectivity index (χ0n) is 18.6. The van der Waals surface area contributed by atoms with Gasteiger partial charge < -0.3 is 15.4 Å². The van der Waals surface area contributed by atoms with Gasteiger partial charge >= 0.3 is 0 Å². The van der Waals surface area contributed by atoms with Crippen LogP contribution in [-0.2, 0) is 4.79 Å². The van der Waals surface area contributed by atoms with Gasteiger partial charge in [0.1, 0.15) is 5.82 Å². The molecule has 1 saturated carbocycles. The molecular formula is C25H25FN4O3S. The van der Waals surface area contributed by atoms with Gasteiger partial charge in [0, 0.05) is 22.6 Å². The molecule has 2 heterocycles. The van der Waals surface area contributed by atoms with E-state index < -0.39 is 0 Å². The third kappa shape index (κ3) is 5.30. The maximum Gasteiger partial charge on any atom is 0.251 e. The summed E-state index contributed by atoms with van der Waals surface area (Å²) in [5.41, 5.74) is 2.38. The number of aromatic nitrogens is 2. The Morgan fingerprint density at radius 2 is 2.00 bits per heavy atom. The lowest BCUT2D eigenvalue weighted by molar-refractivity contribution is -0.113. The lowest BCUT2D eigenvalue weighted by Gasteiger charge is -2.29. The molecule has 1 aliphatic heterocycles. The van der Waals surface area contributed by atoms with Crippen LogP contribution in [0, 0.1) is 11.7 Å². The van der Waals surface area contributed by atoms with Crippen molar-refractivity contribution in [3.8, 4) is 5.88 Å². The number of amides is 2. The van der Waals surface area contributed by atoms with Crippen molar-refractivity contribution in [2.45, 2.75) is 43.0 Å². The van der Waals surface area contributed by atoms with Crippen molar-refractivity contribution in [2.24, 2.45) is 5.92 Å². The van der Waals surface area contributed by atoms with Crippen LogP contribution in [0.4, 0.5) is 10.1 Å². The molecule has 0 spiro atoms. The average molecular weight is 481 g/mol. The number of nitrogens with one attached hydrogen (secondary N) is 2. The first-order valence-electron chi connectivity index (χ1n) is 11.5. The van der Waals surface area contributed by atoms with Crippen molar-refractivity contribution < 1.29 is 18.7 Å². The third-order valence-corrected chi connectivity index (χ3v) is 7.39. The maximum atomic E-state index is 13.4. The van der Waals surface area contributed by atoms with Gasteiger partial charge in [-0.3, -0.25) is 9.59 Å². The molecule has 3 aromatic rings. The molecule has 2 aromatic carbocycles. The molecule has 2 N–H and O–H groups in total. The Kier molecular flexibility index (Phi) is 6.62. The summed E-state index contributed by atoms with van der Waals surface area (Å²) < 4.78 is 19.2. The first-order valence-corrected chi connectivity index (χ1v) is 12.4. The lowest BCUT2D eigenvalue weighted by Crippen LogP contribution is -2.37. The van der Waals surface area contributed by atoms with E-state index in [2.05, 4.69) is 20.6 Å². The number of ether oxygens (including phenoxy) is 1. The van der Waals surface area contributed by atoms with Crippen LogP contribution in [0.15, 0.2) is 47.5 Å². The molecular weight excluding hydrogens is 455 g/mol. The van der Waals surface area contributed by atoms with E-state index in [1.54, 1.807) is 18.3 Å². The van der Waals surface area contributed by atoms with E-state index in [0.29, 0.717) is 46.4 Å². The van der Waals surface area contributed by atoms with E-state index in [1.807, 2.05) is 12.1 Å². The predicted molar refractivity (Wildman–Crippen MR) is 129 cm³/mol. The van der Waals surface area contributed by atoms with Gasteiger partial charge in [-0.15, -0.1) is 11.8 Å². The first-order chi connectivity index (χ1) is 16.5. The van der Waals surface area contributed by atoms with Crippen LogP contribution in [0.1, 0.15) is 42.5 Å². The van der Waals surface area contributed by atoms with E-state index >= 15 is 0 Å². The predicted octanol–water partition coefficient (Wildman–Crippen LogP) is 4.57. The molecule has 176 valence electrons. The van der Waals surface area contributed by atoms with E-state index in [0.717, 1.165) is 37.0 Å². The number of carbonyl (C=O) groups excluding carboxylic acids is 2. The van der Waals surface area contributed by atoms with Crippen molar-refractivity contribution in [3.05, 3.63) is 54.0 Å². The van der Waals surface area contributed by atoms with Gasteiger partial charge in [-0.05, 0) is 68.4 Å². The molecule has 7 nitrogen and oxygen atoms in total. The smallest absolute Gasteiger partial charge is 0.251 e. The van der Waals surface area contributed by atoms with Crippen molar-refractivity contribution >= 4 is 40.3 Å². The van der Waals surface area contributed by atoms with Gasteiger partial charge in [0.2, 0.25) is 11.8 Å². The maximum absolute atomic E-state index is 13.4. The van der Waals surface area contributed by atoms with E-state index in [-0.39, 0.29) is 23.7 Å². The van der Waals surface area contributed by atoms with Crippen LogP contribution >= 0.6 is 11.8 Å². The minimum atomic E-state index is -0.347. The molecule has 0 bridgehead atoms.